The lowest BCUT2D eigenvalue weighted by molar-refractivity contribution is -0.144. The summed E-state index contributed by atoms with van der Waals surface area (Å²) in [7, 11) is 1.28. The van der Waals surface area contributed by atoms with Gasteiger partial charge in [0.2, 0.25) is 0 Å². The molecule has 0 aliphatic carbocycles. The van der Waals surface area contributed by atoms with Crippen molar-refractivity contribution in [3.63, 3.8) is 0 Å². The molecule has 2 amide bonds. The van der Waals surface area contributed by atoms with Crippen molar-refractivity contribution in [3.8, 4) is 0 Å². The second kappa shape index (κ2) is 7.79. The lowest BCUT2D eigenvalue weighted by atomic mass is 9.82. The number of hydrogen-bond donors (Lipinski definition) is 1. The highest BCUT2D eigenvalue weighted by atomic mass is 16.6. The Labute approximate surface area is 167 Å². The van der Waals surface area contributed by atoms with Crippen molar-refractivity contribution in [1.82, 2.24) is 10.2 Å². The molecule has 0 spiro atoms. The highest BCUT2D eigenvalue weighted by Gasteiger charge is 2.56. The van der Waals surface area contributed by atoms with E-state index in [1.54, 1.807) is 25.7 Å². The molecule has 28 heavy (non-hydrogen) atoms. The van der Waals surface area contributed by atoms with Gasteiger partial charge in [0.15, 0.2) is 0 Å². The molecule has 2 bridgehead atoms. The van der Waals surface area contributed by atoms with E-state index >= 15 is 0 Å². The smallest absolute Gasteiger partial charge is 0.411 e. The fraction of sp³-hybridized carbons (Fsp3) is 0.850. The summed E-state index contributed by atoms with van der Waals surface area (Å²) < 4.78 is 15.8. The SMILES string of the molecule is COC(=O)C(CC12CCC(CC1)N2C(=O)OC(C)(C)C)NC(=O)OC(C)(C)C. The Morgan fingerprint density at radius 3 is 2.04 bits per heavy atom. The lowest BCUT2D eigenvalue weighted by Gasteiger charge is -2.38. The molecular formula is C20H34N2O6. The summed E-state index contributed by atoms with van der Waals surface area (Å²) in [6, 6.07) is -0.795. The Morgan fingerprint density at radius 2 is 1.57 bits per heavy atom. The molecule has 2 fully saturated rings. The zero-order valence-electron chi connectivity index (χ0n) is 18.1. The van der Waals surface area contributed by atoms with E-state index in [1.807, 2.05) is 20.8 Å². The fourth-order valence-electron chi connectivity index (χ4n) is 4.15. The first-order chi connectivity index (χ1) is 12.8. The Balaban J connectivity index is 2.18. The highest BCUT2D eigenvalue weighted by Crippen LogP contribution is 2.49. The maximum atomic E-state index is 12.8. The highest BCUT2D eigenvalue weighted by molar-refractivity contribution is 5.81. The van der Waals surface area contributed by atoms with Gasteiger partial charge in [-0.2, -0.15) is 0 Å². The summed E-state index contributed by atoms with van der Waals surface area (Å²) in [5, 5.41) is 2.62. The van der Waals surface area contributed by atoms with Crippen molar-refractivity contribution in [2.45, 2.75) is 102 Å². The molecule has 2 heterocycles. The minimum atomic E-state index is -0.901. The zero-order valence-corrected chi connectivity index (χ0v) is 18.1. The number of esters is 1. The number of carbonyl (C=O) groups excluding carboxylic acids is 3. The number of nitrogens with one attached hydrogen (secondary N) is 1. The second-order valence-corrected chi connectivity index (χ2v) is 9.73. The number of fused-ring (bicyclic) bond motifs is 2. The minimum Gasteiger partial charge on any atom is -0.467 e. The van der Waals surface area contributed by atoms with Crippen molar-refractivity contribution in [1.29, 1.82) is 0 Å². The van der Waals surface area contributed by atoms with Crippen LogP contribution in [0.25, 0.3) is 0 Å². The van der Waals surface area contributed by atoms with Gasteiger partial charge in [0.25, 0.3) is 0 Å². The van der Waals surface area contributed by atoms with Crippen LogP contribution in [-0.4, -0.2) is 59.0 Å². The number of ether oxygens (including phenoxy) is 3. The molecule has 0 aromatic carbocycles. The molecule has 160 valence electrons. The summed E-state index contributed by atoms with van der Waals surface area (Å²) in [4.78, 5) is 39.2. The van der Waals surface area contributed by atoms with E-state index in [0.29, 0.717) is 0 Å². The van der Waals surface area contributed by atoms with Gasteiger partial charge in [-0.25, -0.2) is 14.4 Å². The molecule has 0 saturated carbocycles. The average Bonchev–Trinajstić information content (AvgIpc) is 3.05. The molecule has 8 heteroatoms. The monoisotopic (exact) mass is 398 g/mol. The van der Waals surface area contributed by atoms with Crippen LogP contribution < -0.4 is 5.32 Å². The van der Waals surface area contributed by atoms with Crippen LogP contribution in [0.4, 0.5) is 9.59 Å². The van der Waals surface area contributed by atoms with Crippen LogP contribution in [0, 0.1) is 0 Å². The van der Waals surface area contributed by atoms with E-state index < -0.39 is 34.8 Å². The molecule has 8 nitrogen and oxygen atoms in total. The second-order valence-electron chi connectivity index (χ2n) is 9.73. The van der Waals surface area contributed by atoms with Crippen LogP contribution in [0.2, 0.25) is 0 Å². The molecular weight excluding hydrogens is 364 g/mol. The fourth-order valence-corrected chi connectivity index (χ4v) is 4.15. The number of carbonyl (C=O) groups is 3. The number of amides is 2. The van der Waals surface area contributed by atoms with Crippen LogP contribution in [0.5, 0.6) is 0 Å². The van der Waals surface area contributed by atoms with Gasteiger partial charge in [0, 0.05) is 18.0 Å². The molecule has 1 N–H and O–H groups in total. The molecule has 0 aromatic heterocycles. The molecule has 0 aromatic rings. The van der Waals surface area contributed by atoms with E-state index in [0.717, 1.165) is 25.7 Å². The molecule has 2 aliphatic rings. The first-order valence-electron chi connectivity index (χ1n) is 9.86. The van der Waals surface area contributed by atoms with Gasteiger partial charge >= 0.3 is 18.2 Å². The third kappa shape index (κ3) is 5.29. The Kier molecular flexibility index (Phi) is 6.21. The first-order valence-corrected chi connectivity index (χ1v) is 9.86. The van der Waals surface area contributed by atoms with Gasteiger partial charge in [-0.15, -0.1) is 0 Å². The molecule has 2 aliphatic heterocycles. The summed E-state index contributed by atoms with van der Waals surface area (Å²) in [6.45, 7) is 10.7. The summed E-state index contributed by atoms with van der Waals surface area (Å²) in [6.07, 6.45) is 2.47. The van der Waals surface area contributed by atoms with Crippen LogP contribution >= 0.6 is 0 Å². The van der Waals surface area contributed by atoms with E-state index in [-0.39, 0.29) is 18.6 Å². The van der Waals surface area contributed by atoms with Gasteiger partial charge in [0.05, 0.1) is 7.11 Å². The quantitative estimate of drug-likeness (QED) is 0.576. The maximum Gasteiger partial charge on any atom is 0.411 e. The third-order valence-corrected chi connectivity index (χ3v) is 5.11. The van der Waals surface area contributed by atoms with Gasteiger partial charge in [-0.3, -0.25) is 4.90 Å². The van der Waals surface area contributed by atoms with Gasteiger partial charge in [0.1, 0.15) is 17.2 Å². The number of methoxy groups -OCH3 is 1. The van der Waals surface area contributed by atoms with Gasteiger partial charge < -0.3 is 19.5 Å². The normalized spacial score (nSPS) is 25.2. The maximum absolute atomic E-state index is 12.8. The number of rotatable bonds is 4. The van der Waals surface area contributed by atoms with Crippen LogP contribution in [-0.2, 0) is 19.0 Å². The van der Waals surface area contributed by atoms with Crippen molar-refractivity contribution in [3.05, 3.63) is 0 Å². The third-order valence-electron chi connectivity index (χ3n) is 5.11. The van der Waals surface area contributed by atoms with Gasteiger partial charge in [-0.05, 0) is 67.2 Å². The van der Waals surface area contributed by atoms with Crippen molar-refractivity contribution >= 4 is 18.2 Å². The largest absolute Gasteiger partial charge is 0.467 e. The predicted molar refractivity (Wildman–Crippen MR) is 103 cm³/mol. The van der Waals surface area contributed by atoms with Crippen molar-refractivity contribution in [2.75, 3.05) is 7.11 Å². The summed E-state index contributed by atoms with van der Waals surface area (Å²) >= 11 is 0. The minimum absolute atomic E-state index is 0.106. The Bertz CT molecular complexity index is 611. The van der Waals surface area contributed by atoms with Crippen LogP contribution in [0.1, 0.15) is 73.6 Å². The zero-order chi connectivity index (χ0) is 21.3. The summed E-state index contributed by atoms with van der Waals surface area (Å²) in [5.74, 6) is -0.556. The molecule has 2 rings (SSSR count). The molecule has 2 saturated heterocycles. The Morgan fingerprint density at radius 1 is 1.04 bits per heavy atom. The predicted octanol–water partition coefficient (Wildman–Crippen LogP) is 3.37. The van der Waals surface area contributed by atoms with Crippen molar-refractivity contribution < 1.29 is 28.6 Å². The molecule has 1 atom stereocenters. The topological polar surface area (TPSA) is 94.2 Å². The first kappa shape index (κ1) is 22.3. The lowest BCUT2D eigenvalue weighted by Crippen LogP contribution is -2.53. The standard InChI is InChI=1S/C20H34N2O6/c1-18(2,3)27-16(24)21-14(15(23)26-7)12-20-10-8-13(9-11-20)22(20)17(25)28-19(4,5)6/h13-14H,8-12H2,1-7H3,(H,21,24). The van der Waals surface area contributed by atoms with Crippen LogP contribution in [0.15, 0.2) is 0 Å². The van der Waals surface area contributed by atoms with E-state index in [2.05, 4.69) is 5.32 Å². The van der Waals surface area contributed by atoms with E-state index in [4.69, 9.17) is 14.2 Å². The van der Waals surface area contributed by atoms with E-state index in [1.165, 1.54) is 7.11 Å². The van der Waals surface area contributed by atoms with E-state index in [9.17, 15) is 14.4 Å². The molecule has 0 radical (unpaired) electrons. The van der Waals surface area contributed by atoms with Crippen LogP contribution in [0.3, 0.4) is 0 Å². The summed E-state index contributed by atoms with van der Waals surface area (Å²) in [5.41, 5.74) is -1.81. The number of hydrogen-bond acceptors (Lipinski definition) is 6. The number of nitrogens with zero attached hydrogens (tertiary/aromatic N) is 1. The Hall–Kier alpha value is -1.99. The van der Waals surface area contributed by atoms with Gasteiger partial charge in [-0.1, -0.05) is 0 Å². The van der Waals surface area contributed by atoms with Crippen molar-refractivity contribution in [2.24, 2.45) is 0 Å². The number of alkyl carbamates (subject to hydrolysis) is 1. The average molecular weight is 399 g/mol. The molecule has 1 unspecified atom stereocenters.